The molecule has 0 spiro atoms. The van der Waals surface area contributed by atoms with Crippen LogP contribution in [0.15, 0.2) is 47.9 Å². The van der Waals surface area contributed by atoms with Crippen molar-refractivity contribution in [2.24, 2.45) is 5.92 Å². The summed E-state index contributed by atoms with van der Waals surface area (Å²) < 4.78 is 37.7. The number of aryl methyl sites for hydroxylation is 1. The Bertz CT molecular complexity index is 1650. The molecule has 4 aromatic rings. The van der Waals surface area contributed by atoms with Crippen molar-refractivity contribution in [1.29, 1.82) is 0 Å². The Balaban J connectivity index is 1.18. The van der Waals surface area contributed by atoms with Gasteiger partial charge in [-0.2, -0.15) is 18.6 Å². The van der Waals surface area contributed by atoms with Gasteiger partial charge in [-0.05, 0) is 61.3 Å². The van der Waals surface area contributed by atoms with Crippen LogP contribution in [-0.4, -0.2) is 45.4 Å². The first-order valence-electron chi connectivity index (χ1n) is 12.4. The van der Waals surface area contributed by atoms with E-state index in [1.807, 2.05) is 24.4 Å². The molecule has 1 fully saturated rings. The van der Waals surface area contributed by atoms with Crippen molar-refractivity contribution < 1.29 is 17.9 Å². The first kappa shape index (κ1) is 22.4. The number of hydrogen-bond donors (Lipinski definition) is 2. The summed E-state index contributed by atoms with van der Waals surface area (Å²) >= 11 is 0. The molecule has 0 unspecified atom stereocenters. The minimum Gasteiger partial charge on any atom is -0.370 e. The lowest BCUT2D eigenvalue weighted by atomic mass is 9.98. The van der Waals surface area contributed by atoms with Crippen molar-refractivity contribution in [1.82, 2.24) is 29.1 Å². The van der Waals surface area contributed by atoms with Crippen LogP contribution in [0.4, 0.5) is 10.5 Å². The summed E-state index contributed by atoms with van der Waals surface area (Å²) in [6.45, 7) is 0.974. The Morgan fingerprint density at radius 3 is 2.89 bits per heavy atom. The maximum atomic E-state index is 13.1. The minimum atomic E-state index is -4.19. The lowest BCUT2D eigenvalue weighted by Crippen LogP contribution is -2.35. The Labute approximate surface area is 212 Å². The third-order valence-corrected chi connectivity index (χ3v) is 8.54. The number of ether oxygens (including phenoxy) is 1. The Morgan fingerprint density at radius 2 is 2.03 bits per heavy atom. The van der Waals surface area contributed by atoms with Gasteiger partial charge in [-0.15, -0.1) is 0 Å². The van der Waals surface area contributed by atoms with Crippen LogP contribution in [0.2, 0.25) is 0 Å². The molecule has 2 N–H and O–H groups in total. The Hall–Kier alpha value is -3.77. The van der Waals surface area contributed by atoms with Gasteiger partial charge in [-0.3, -0.25) is 4.68 Å². The average Bonchev–Trinajstić information content (AvgIpc) is 3.26. The molecule has 2 aliphatic carbocycles. The largest absolute Gasteiger partial charge is 0.370 e. The smallest absolute Gasteiger partial charge is 0.333 e. The molecule has 1 atom stereocenters. The third-order valence-electron chi connectivity index (χ3n) is 7.34. The van der Waals surface area contributed by atoms with Crippen molar-refractivity contribution in [2.75, 3.05) is 11.9 Å². The monoisotopic (exact) mass is 519 g/mol. The summed E-state index contributed by atoms with van der Waals surface area (Å²) in [7, 11) is -4.19. The number of nitrogens with one attached hydrogen (secondary N) is 2. The van der Waals surface area contributed by atoms with Gasteiger partial charge in [0, 0.05) is 23.4 Å². The second-order valence-corrected chi connectivity index (χ2v) is 11.4. The molecular weight excluding hydrogens is 494 g/mol. The number of hydrogen-bond acceptors (Lipinski definition) is 7. The van der Waals surface area contributed by atoms with Crippen LogP contribution in [0.3, 0.4) is 0 Å². The molecule has 11 nitrogen and oxygen atoms in total. The van der Waals surface area contributed by atoms with Gasteiger partial charge in [-0.25, -0.2) is 19.0 Å². The first-order valence-corrected chi connectivity index (χ1v) is 13.9. The fourth-order valence-corrected chi connectivity index (χ4v) is 6.29. The SMILES string of the molecule is O=C(Nc1c(-c2ccc3ncnn3c2)ccc2c1CCC2)NS(=O)(=O)c1cc2n(n1)CCO[C@H]2C1CC1. The molecule has 1 aromatic carbocycles. The van der Waals surface area contributed by atoms with Crippen LogP contribution in [0.25, 0.3) is 16.8 Å². The van der Waals surface area contributed by atoms with E-state index in [9.17, 15) is 13.2 Å². The molecule has 0 bridgehead atoms. The second kappa shape index (κ2) is 8.38. The van der Waals surface area contributed by atoms with Crippen molar-refractivity contribution in [3.63, 3.8) is 0 Å². The molecular formula is C25H25N7O4S. The van der Waals surface area contributed by atoms with Crippen LogP contribution >= 0.6 is 0 Å². The first-order chi connectivity index (χ1) is 18.0. The highest BCUT2D eigenvalue weighted by Gasteiger charge is 2.38. The molecule has 1 aliphatic heterocycles. The fraction of sp³-hybridized carbons (Fsp3) is 0.360. The molecule has 3 aliphatic rings. The summed E-state index contributed by atoms with van der Waals surface area (Å²) in [6, 6.07) is 8.48. The molecule has 0 saturated heterocycles. The highest BCUT2D eigenvalue weighted by Crippen LogP contribution is 2.45. The van der Waals surface area contributed by atoms with Gasteiger partial charge >= 0.3 is 6.03 Å². The number of urea groups is 1. The predicted octanol–water partition coefficient (Wildman–Crippen LogP) is 3.07. The van der Waals surface area contributed by atoms with Crippen molar-refractivity contribution >= 4 is 27.4 Å². The van der Waals surface area contributed by atoms with Crippen LogP contribution in [-0.2, 0) is 34.1 Å². The van der Waals surface area contributed by atoms with E-state index in [0.717, 1.165) is 60.1 Å². The maximum Gasteiger partial charge on any atom is 0.333 e. The number of carbonyl (C=O) groups excluding carboxylic acids is 1. The molecule has 12 heteroatoms. The zero-order valence-electron chi connectivity index (χ0n) is 19.9. The van der Waals surface area contributed by atoms with Gasteiger partial charge in [-0.1, -0.05) is 12.1 Å². The molecule has 37 heavy (non-hydrogen) atoms. The van der Waals surface area contributed by atoms with Gasteiger partial charge in [0.1, 0.15) is 12.4 Å². The number of anilines is 1. The van der Waals surface area contributed by atoms with Crippen LogP contribution in [0, 0.1) is 5.92 Å². The molecule has 2 amide bonds. The Morgan fingerprint density at radius 1 is 1.14 bits per heavy atom. The maximum absolute atomic E-state index is 13.1. The van der Waals surface area contributed by atoms with E-state index in [2.05, 4.69) is 31.3 Å². The zero-order chi connectivity index (χ0) is 25.1. The number of aromatic nitrogens is 5. The van der Waals surface area contributed by atoms with E-state index in [1.165, 1.54) is 12.4 Å². The highest BCUT2D eigenvalue weighted by molar-refractivity contribution is 7.90. The van der Waals surface area contributed by atoms with Crippen LogP contribution in [0.1, 0.15) is 42.2 Å². The van der Waals surface area contributed by atoms with E-state index in [0.29, 0.717) is 30.4 Å². The minimum absolute atomic E-state index is 0.143. The summed E-state index contributed by atoms with van der Waals surface area (Å²) in [4.78, 5) is 17.3. The van der Waals surface area contributed by atoms with E-state index in [1.54, 1.807) is 9.20 Å². The van der Waals surface area contributed by atoms with Gasteiger partial charge < -0.3 is 10.1 Å². The molecule has 190 valence electrons. The number of fused-ring (bicyclic) bond motifs is 3. The van der Waals surface area contributed by atoms with Crippen LogP contribution in [0.5, 0.6) is 0 Å². The quantitative estimate of drug-likeness (QED) is 0.414. The van der Waals surface area contributed by atoms with Gasteiger partial charge in [0.05, 0.1) is 24.5 Å². The lowest BCUT2D eigenvalue weighted by Gasteiger charge is -2.23. The molecule has 7 rings (SSSR count). The van der Waals surface area contributed by atoms with E-state index in [-0.39, 0.29) is 11.1 Å². The summed E-state index contributed by atoms with van der Waals surface area (Å²) in [5.74, 6) is 0.401. The highest BCUT2D eigenvalue weighted by atomic mass is 32.2. The van der Waals surface area contributed by atoms with E-state index >= 15 is 0 Å². The zero-order valence-corrected chi connectivity index (χ0v) is 20.7. The number of sulfonamides is 1. The van der Waals surface area contributed by atoms with Crippen molar-refractivity contribution in [3.8, 4) is 11.1 Å². The molecule has 3 aromatic heterocycles. The summed E-state index contributed by atoms with van der Waals surface area (Å²) in [5.41, 5.74) is 5.85. The topological polar surface area (TPSA) is 133 Å². The number of pyridine rings is 1. The number of benzene rings is 1. The van der Waals surface area contributed by atoms with Gasteiger partial charge in [0.15, 0.2) is 10.7 Å². The number of carbonyl (C=O) groups is 1. The van der Waals surface area contributed by atoms with Gasteiger partial charge in [0.2, 0.25) is 0 Å². The summed E-state index contributed by atoms with van der Waals surface area (Å²) in [5, 5.41) is 11.2. The number of rotatable bonds is 5. The van der Waals surface area contributed by atoms with E-state index in [4.69, 9.17) is 4.74 Å². The normalized spacial score (nSPS) is 19.0. The Kier molecular flexibility index (Phi) is 5.08. The fourth-order valence-electron chi connectivity index (χ4n) is 5.41. The van der Waals surface area contributed by atoms with Crippen molar-refractivity contribution in [3.05, 3.63) is 59.7 Å². The van der Waals surface area contributed by atoms with Crippen molar-refractivity contribution in [2.45, 2.75) is 49.8 Å². The number of nitrogens with zero attached hydrogens (tertiary/aromatic N) is 5. The second-order valence-electron chi connectivity index (χ2n) is 9.78. The number of amides is 2. The van der Waals surface area contributed by atoms with E-state index < -0.39 is 16.1 Å². The lowest BCUT2D eigenvalue weighted by molar-refractivity contribution is 0.00273. The van der Waals surface area contributed by atoms with Gasteiger partial charge in [0.25, 0.3) is 10.0 Å². The van der Waals surface area contributed by atoms with Crippen LogP contribution < -0.4 is 10.0 Å². The third kappa shape index (κ3) is 3.96. The predicted molar refractivity (Wildman–Crippen MR) is 133 cm³/mol. The standard InChI is InChI=1S/C25H25N7O4S/c33-25(30-37(34,35)22-12-20-24(16-4-5-16)36-11-10-31(20)29-22)28-23-18-3-1-2-15(18)6-8-19(23)17-7-9-21-26-14-27-32(21)13-17/h6-9,12-14,16,24H,1-5,10-11H2,(H2,28,30,33)/t24-/m0/s1. The summed E-state index contributed by atoms with van der Waals surface area (Å²) in [6.07, 6.45) is 7.98. The average molecular weight is 520 g/mol. The molecule has 0 radical (unpaired) electrons. The molecule has 1 saturated carbocycles. The molecule has 4 heterocycles.